The molecule has 25 heavy (non-hydrogen) atoms. The highest BCUT2D eigenvalue weighted by atomic mass is 79.9. The summed E-state index contributed by atoms with van der Waals surface area (Å²) in [5.41, 5.74) is 1.45. The third-order valence-electron chi connectivity index (χ3n) is 3.86. The minimum absolute atomic E-state index is 0.138. The Hall–Kier alpha value is -2.25. The van der Waals surface area contributed by atoms with E-state index in [2.05, 4.69) is 20.9 Å². The van der Waals surface area contributed by atoms with E-state index in [1.54, 1.807) is 48.5 Å². The molecule has 0 atom stereocenters. The van der Waals surface area contributed by atoms with E-state index >= 15 is 0 Å². The molecule has 1 heterocycles. The summed E-state index contributed by atoms with van der Waals surface area (Å²) in [5, 5.41) is -0.138. The standard InChI is InChI=1S/C18H15BrN2O3S/c1-12-3-9-15(10-4-12)25(23,24)18-17(21(2)16(22)11-20-18)13-5-7-14(19)8-6-13/h3-11H,1-2H3. The van der Waals surface area contributed by atoms with Gasteiger partial charge in [0.15, 0.2) is 5.03 Å². The summed E-state index contributed by atoms with van der Waals surface area (Å²) < 4.78 is 28.3. The predicted octanol–water partition coefficient (Wildman–Crippen LogP) is 3.35. The first-order chi connectivity index (χ1) is 11.8. The maximum Gasteiger partial charge on any atom is 0.269 e. The summed E-state index contributed by atoms with van der Waals surface area (Å²) in [5.74, 6) is 0. The van der Waals surface area contributed by atoms with E-state index in [4.69, 9.17) is 0 Å². The molecule has 1 aromatic heterocycles. The van der Waals surface area contributed by atoms with Crippen LogP contribution in [0.5, 0.6) is 0 Å². The fraction of sp³-hybridized carbons (Fsp3) is 0.111. The van der Waals surface area contributed by atoms with Crippen LogP contribution in [0.2, 0.25) is 0 Å². The molecule has 3 rings (SSSR count). The van der Waals surface area contributed by atoms with Crippen LogP contribution in [0.15, 0.2) is 73.9 Å². The fourth-order valence-corrected chi connectivity index (χ4v) is 4.15. The van der Waals surface area contributed by atoms with Gasteiger partial charge in [-0.05, 0) is 31.2 Å². The molecule has 128 valence electrons. The van der Waals surface area contributed by atoms with Gasteiger partial charge >= 0.3 is 0 Å². The maximum atomic E-state index is 13.1. The van der Waals surface area contributed by atoms with Gasteiger partial charge in [0.25, 0.3) is 5.56 Å². The van der Waals surface area contributed by atoms with Crippen molar-refractivity contribution in [2.45, 2.75) is 16.8 Å². The molecular weight excluding hydrogens is 404 g/mol. The predicted molar refractivity (Wildman–Crippen MR) is 99.2 cm³/mol. The number of hydrogen-bond acceptors (Lipinski definition) is 4. The van der Waals surface area contributed by atoms with Gasteiger partial charge in [-0.2, -0.15) is 0 Å². The second-order valence-electron chi connectivity index (χ2n) is 5.63. The molecule has 5 nitrogen and oxygen atoms in total. The van der Waals surface area contributed by atoms with Gasteiger partial charge in [-0.3, -0.25) is 4.79 Å². The molecular formula is C18H15BrN2O3S. The largest absolute Gasteiger partial charge is 0.307 e. The molecule has 0 amide bonds. The molecule has 0 N–H and O–H groups in total. The second-order valence-corrected chi connectivity index (χ2v) is 8.41. The van der Waals surface area contributed by atoms with Crippen LogP contribution in [0.3, 0.4) is 0 Å². The molecule has 0 radical (unpaired) electrons. The summed E-state index contributed by atoms with van der Waals surface area (Å²) in [7, 11) is -2.33. The van der Waals surface area contributed by atoms with Gasteiger partial charge in [0.2, 0.25) is 9.84 Å². The Morgan fingerprint density at radius 2 is 1.60 bits per heavy atom. The number of benzene rings is 2. The molecule has 0 saturated carbocycles. The quantitative estimate of drug-likeness (QED) is 0.653. The normalized spacial score (nSPS) is 11.5. The molecule has 0 bridgehead atoms. The lowest BCUT2D eigenvalue weighted by molar-refractivity contribution is 0.590. The first-order valence-electron chi connectivity index (χ1n) is 7.44. The Bertz CT molecular complexity index is 1090. The van der Waals surface area contributed by atoms with Crippen molar-refractivity contribution in [2.75, 3.05) is 0 Å². The molecule has 0 aliphatic rings. The van der Waals surface area contributed by atoms with Crippen LogP contribution in [-0.4, -0.2) is 18.0 Å². The molecule has 0 unspecified atom stereocenters. The Morgan fingerprint density at radius 3 is 2.20 bits per heavy atom. The molecule has 0 spiro atoms. The molecule has 0 saturated heterocycles. The number of aryl methyl sites for hydroxylation is 1. The van der Waals surface area contributed by atoms with E-state index in [-0.39, 0.29) is 21.2 Å². The summed E-state index contributed by atoms with van der Waals surface area (Å²) in [4.78, 5) is 16.2. The van der Waals surface area contributed by atoms with Crippen molar-refractivity contribution < 1.29 is 8.42 Å². The summed E-state index contributed by atoms with van der Waals surface area (Å²) in [6.07, 6.45) is 1.03. The Morgan fingerprint density at radius 1 is 1.00 bits per heavy atom. The number of sulfone groups is 1. The van der Waals surface area contributed by atoms with Gasteiger partial charge < -0.3 is 4.57 Å². The Balaban J connectivity index is 2.30. The molecule has 0 aliphatic carbocycles. The third-order valence-corrected chi connectivity index (χ3v) is 6.09. The Kier molecular flexibility index (Phi) is 4.62. The van der Waals surface area contributed by atoms with Crippen molar-refractivity contribution in [3.63, 3.8) is 0 Å². The maximum absolute atomic E-state index is 13.1. The number of rotatable bonds is 3. The molecule has 2 aromatic carbocycles. The van der Waals surface area contributed by atoms with Crippen molar-refractivity contribution >= 4 is 25.8 Å². The smallest absolute Gasteiger partial charge is 0.269 e. The van der Waals surface area contributed by atoms with Crippen LogP contribution >= 0.6 is 15.9 Å². The summed E-state index contributed by atoms with van der Waals surface area (Å²) >= 11 is 3.35. The SMILES string of the molecule is Cc1ccc(S(=O)(=O)c2ncc(=O)n(C)c2-c2ccc(Br)cc2)cc1. The van der Waals surface area contributed by atoms with Gasteiger partial charge in [0.05, 0.1) is 16.8 Å². The zero-order valence-electron chi connectivity index (χ0n) is 13.6. The van der Waals surface area contributed by atoms with E-state index < -0.39 is 9.84 Å². The number of halogens is 1. The number of aromatic nitrogens is 2. The van der Waals surface area contributed by atoms with Crippen LogP contribution in [0.25, 0.3) is 11.3 Å². The van der Waals surface area contributed by atoms with Gasteiger partial charge in [0, 0.05) is 17.1 Å². The average molecular weight is 419 g/mol. The summed E-state index contributed by atoms with van der Waals surface area (Å²) in [6.45, 7) is 1.88. The molecule has 3 aromatic rings. The third kappa shape index (κ3) is 3.29. The zero-order chi connectivity index (χ0) is 18.2. The minimum atomic E-state index is -3.87. The topological polar surface area (TPSA) is 69.0 Å². The molecule has 7 heteroatoms. The van der Waals surface area contributed by atoms with Gasteiger partial charge in [-0.1, -0.05) is 45.8 Å². The molecule has 0 fully saturated rings. The van der Waals surface area contributed by atoms with E-state index in [0.717, 1.165) is 16.2 Å². The first-order valence-corrected chi connectivity index (χ1v) is 9.72. The lowest BCUT2D eigenvalue weighted by Gasteiger charge is -2.14. The number of nitrogens with zero attached hydrogens (tertiary/aromatic N) is 2. The number of hydrogen-bond donors (Lipinski definition) is 0. The van der Waals surface area contributed by atoms with Crippen molar-refractivity contribution in [1.29, 1.82) is 0 Å². The van der Waals surface area contributed by atoms with Gasteiger partial charge in [0.1, 0.15) is 0 Å². The average Bonchev–Trinajstić information content (AvgIpc) is 2.58. The van der Waals surface area contributed by atoms with Crippen LogP contribution in [-0.2, 0) is 16.9 Å². The highest BCUT2D eigenvalue weighted by Crippen LogP contribution is 2.29. The van der Waals surface area contributed by atoms with Crippen LogP contribution in [0.4, 0.5) is 0 Å². The van der Waals surface area contributed by atoms with E-state index in [9.17, 15) is 13.2 Å². The van der Waals surface area contributed by atoms with Crippen molar-refractivity contribution in [3.8, 4) is 11.3 Å². The van der Waals surface area contributed by atoms with E-state index in [1.165, 1.54) is 11.6 Å². The highest BCUT2D eigenvalue weighted by molar-refractivity contribution is 9.10. The highest BCUT2D eigenvalue weighted by Gasteiger charge is 2.26. The van der Waals surface area contributed by atoms with Crippen LogP contribution in [0.1, 0.15) is 5.56 Å². The van der Waals surface area contributed by atoms with Crippen LogP contribution in [0, 0.1) is 6.92 Å². The van der Waals surface area contributed by atoms with E-state index in [1.807, 2.05) is 6.92 Å². The van der Waals surface area contributed by atoms with Crippen molar-refractivity contribution in [2.24, 2.45) is 7.05 Å². The zero-order valence-corrected chi connectivity index (χ0v) is 16.0. The molecule has 0 aliphatic heterocycles. The summed E-state index contributed by atoms with van der Waals surface area (Å²) in [6, 6.07) is 13.6. The van der Waals surface area contributed by atoms with Gasteiger partial charge in [-0.15, -0.1) is 0 Å². The van der Waals surface area contributed by atoms with Crippen molar-refractivity contribution in [3.05, 3.63) is 75.1 Å². The fourth-order valence-electron chi connectivity index (χ4n) is 2.47. The lowest BCUT2D eigenvalue weighted by Crippen LogP contribution is -2.22. The second kappa shape index (κ2) is 6.57. The first kappa shape index (κ1) is 17.6. The van der Waals surface area contributed by atoms with Crippen LogP contribution < -0.4 is 5.56 Å². The lowest BCUT2D eigenvalue weighted by atomic mass is 10.1. The Labute approximate surface area is 154 Å². The van der Waals surface area contributed by atoms with Crippen molar-refractivity contribution in [1.82, 2.24) is 9.55 Å². The van der Waals surface area contributed by atoms with E-state index in [0.29, 0.717) is 5.56 Å². The monoisotopic (exact) mass is 418 g/mol. The minimum Gasteiger partial charge on any atom is -0.307 e. The van der Waals surface area contributed by atoms with Gasteiger partial charge in [-0.25, -0.2) is 13.4 Å².